The number of sulfonamides is 1. The second kappa shape index (κ2) is 7.14. The summed E-state index contributed by atoms with van der Waals surface area (Å²) in [5.74, 6) is -1.21. The number of carboxylic acids is 1. The first kappa shape index (κ1) is 17.1. The average molecular weight is 368 g/mol. The molecule has 0 heterocycles. The zero-order valence-corrected chi connectivity index (χ0v) is 13.2. The molecule has 0 aliphatic carbocycles. The molecule has 1 rings (SSSR count). The molecule has 20 heavy (non-hydrogen) atoms. The highest BCUT2D eigenvalue weighted by Gasteiger charge is 2.21. The zero-order valence-electron chi connectivity index (χ0n) is 10.8. The zero-order chi connectivity index (χ0) is 15.3. The molecule has 9 heteroatoms. The lowest BCUT2D eigenvalue weighted by Crippen LogP contribution is -2.26. The fourth-order valence-corrected chi connectivity index (χ4v) is 3.22. The first-order valence-corrected chi connectivity index (χ1v) is 7.73. The minimum absolute atomic E-state index is 0.0327. The van der Waals surface area contributed by atoms with E-state index in [1.165, 1.54) is 13.2 Å². The number of hydrogen-bond donors (Lipinski definition) is 2. The van der Waals surface area contributed by atoms with Gasteiger partial charge in [-0.25, -0.2) is 13.2 Å². The van der Waals surface area contributed by atoms with Crippen molar-refractivity contribution in [2.24, 2.45) is 0 Å². The monoisotopic (exact) mass is 367 g/mol. The van der Waals surface area contributed by atoms with Gasteiger partial charge in [0.05, 0.1) is 23.7 Å². The number of rotatable bonds is 7. The van der Waals surface area contributed by atoms with Gasteiger partial charge in [0.15, 0.2) is 0 Å². The molecule has 1 aromatic rings. The van der Waals surface area contributed by atoms with Crippen LogP contribution in [-0.2, 0) is 19.6 Å². The van der Waals surface area contributed by atoms with E-state index in [1.54, 1.807) is 6.92 Å². The maximum absolute atomic E-state index is 12.0. The van der Waals surface area contributed by atoms with E-state index in [2.05, 4.69) is 15.9 Å². The second-order valence-corrected chi connectivity index (χ2v) is 6.24. The van der Waals surface area contributed by atoms with Crippen molar-refractivity contribution < 1.29 is 27.9 Å². The van der Waals surface area contributed by atoms with Crippen molar-refractivity contribution >= 4 is 31.9 Å². The Balaban J connectivity index is 3.07. The van der Waals surface area contributed by atoms with Crippen LogP contribution in [0, 0.1) is 6.92 Å². The van der Waals surface area contributed by atoms with E-state index in [4.69, 9.17) is 14.7 Å². The summed E-state index contributed by atoms with van der Waals surface area (Å²) in [6, 6.07) is 2.43. The van der Waals surface area contributed by atoms with Crippen molar-refractivity contribution in [2.75, 3.05) is 20.3 Å². The summed E-state index contributed by atoms with van der Waals surface area (Å²) in [5, 5.41) is 8.96. The molecule has 2 N–H and O–H groups in total. The Hall–Kier alpha value is -1.00. The summed E-state index contributed by atoms with van der Waals surface area (Å²) in [4.78, 5) is 17.4. The highest BCUT2D eigenvalue weighted by molar-refractivity contribution is 9.10. The molecule has 0 unspecified atom stereocenters. The van der Waals surface area contributed by atoms with Gasteiger partial charge in [0.25, 0.3) is 10.0 Å². The van der Waals surface area contributed by atoms with Gasteiger partial charge in [0.2, 0.25) is 0 Å². The van der Waals surface area contributed by atoms with Crippen molar-refractivity contribution in [3.63, 3.8) is 0 Å². The van der Waals surface area contributed by atoms with E-state index in [0.717, 1.165) is 6.07 Å². The molecule has 0 saturated carbocycles. The molecule has 1 aromatic carbocycles. The Morgan fingerprint density at radius 3 is 2.60 bits per heavy atom. The summed E-state index contributed by atoms with van der Waals surface area (Å²) in [6.07, 6.45) is 0. The molecule has 0 saturated heterocycles. The van der Waals surface area contributed by atoms with Gasteiger partial charge in [0, 0.05) is 11.6 Å². The molecule has 0 aliphatic rings. The van der Waals surface area contributed by atoms with Gasteiger partial charge in [-0.05, 0) is 40.5 Å². The second-order valence-electron chi connectivity index (χ2n) is 3.84. The van der Waals surface area contributed by atoms with Crippen LogP contribution in [0.2, 0.25) is 0 Å². The quantitative estimate of drug-likeness (QED) is 0.556. The van der Waals surface area contributed by atoms with Crippen LogP contribution in [0.4, 0.5) is 0 Å². The normalized spacial score (nSPS) is 11.6. The number of carbonyl (C=O) groups is 1. The van der Waals surface area contributed by atoms with Crippen LogP contribution < -0.4 is 4.89 Å². The van der Waals surface area contributed by atoms with Gasteiger partial charge < -0.3 is 9.84 Å². The van der Waals surface area contributed by atoms with E-state index in [9.17, 15) is 13.2 Å². The summed E-state index contributed by atoms with van der Waals surface area (Å²) in [7, 11) is -2.54. The van der Waals surface area contributed by atoms with Crippen molar-refractivity contribution in [3.05, 3.63) is 27.7 Å². The Kier molecular flexibility index (Phi) is 6.08. The van der Waals surface area contributed by atoms with Crippen molar-refractivity contribution in [3.8, 4) is 0 Å². The summed E-state index contributed by atoms with van der Waals surface area (Å²) < 4.78 is 29.1. The summed E-state index contributed by atoms with van der Waals surface area (Å²) >= 11 is 3.13. The molecule has 0 bridgehead atoms. The Morgan fingerprint density at radius 2 is 2.05 bits per heavy atom. The van der Waals surface area contributed by atoms with E-state index in [1.807, 2.05) is 4.89 Å². The number of benzene rings is 1. The first-order valence-electron chi connectivity index (χ1n) is 5.45. The number of halogens is 1. The SMILES string of the molecule is COCCONS(=O)(=O)c1cc(C(=O)O)cc(C)c1Br. The smallest absolute Gasteiger partial charge is 0.335 e. The third kappa shape index (κ3) is 4.25. The molecule has 0 aromatic heterocycles. The molecule has 0 fully saturated rings. The maximum atomic E-state index is 12.0. The van der Waals surface area contributed by atoms with Crippen molar-refractivity contribution in [2.45, 2.75) is 11.8 Å². The van der Waals surface area contributed by atoms with Gasteiger partial charge in [-0.1, -0.05) is 4.89 Å². The van der Waals surface area contributed by atoms with Gasteiger partial charge >= 0.3 is 5.97 Å². The molecule has 0 atom stereocenters. The van der Waals surface area contributed by atoms with Crippen LogP contribution in [0.15, 0.2) is 21.5 Å². The number of ether oxygens (including phenoxy) is 1. The molecular formula is C11H14BrNO6S. The fraction of sp³-hybridized carbons (Fsp3) is 0.364. The highest BCUT2D eigenvalue weighted by atomic mass is 79.9. The lowest BCUT2D eigenvalue weighted by atomic mass is 10.1. The molecule has 0 amide bonds. The van der Waals surface area contributed by atoms with Gasteiger partial charge in [-0.2, -0.15) is 0 Å². The molecule has 7 nitrogen and oxygen atoms in total. The summed E-state index contributed by atoms with van der Waals surface area (Å²) in [6.45, 7) is 1.85. The number of methoxy groups -OCH3 is 1. The van der Waals surface area contributed by atoms with E-state index in [-0.39, 0.29) is 28.1 Å². The number of hydrogen-bond acceptors (Lipinski definition) is 5. The predicted molar refractivity (Wildman–Crippen MR) is 74.0 cm³/mol. The van der Waals surface area contributed by atoms with Crippen LogP contribution >= 0.6 is 15.9 Å². The maximum Gasteiger partial charge on any atom is 0.335 e. The molecule has 0 spiro atoms. The van der Waals surface area contributed by atoms with Crippen LogP contribution in [0.25, 0.3) is 0 Å². The van der Waals surface area contributed by atoms with Crippen LogP contribution in [0.5, 0.6) is 0 Å². The molecule has 112 valence electrons. The predicted octanol–water partition coefficient (Wildman–Crippen LogP) is 1.31. The number of aromatic carboxylic acids is 1. The van der Waals surface area contributed by atoms with Crippen molar-refractivity contribution in [1.82, 2.24) is 4.89 Å². The number of aryl methyl sites for hydroxylation is 1. The third-order valence-corrected chi connectivity index (χ3v) is 4.87. The van der Waals surface area contributed by atoms with E-state index < -0.39 is 16.0 Å². The molecule has 0 radical (unpaired) electrons. The van der Waals surface area contributed by atoms with Gasteiger partial charge in [-0.15, -0.1) is 0 Å². The highest BCUT2D eigenvalue weighted by Crippen LogP contribution is 2.27. The van der Waals surface area contributed by atoms with Crippen LogP contribution in [0.3, 0.4) is 0 Å². The van der Waals surface area contributed by atoms with Crippen LogP contribution in [0.1, 0.15) is 15.9 Å². The number of nitrogens with one attached hydrogen (secondary N) is 1. The van der Waals surface area contributed by atoms with Gasteiger partial charge in [-0.3, -0.25) is 4.84 Å². The molecule has 0 aliphatic heterocycles. The van der Waals surface area contributed by atoms with E-state index in [0.29, 0.717) is 5.56 Å². The largest absolute Gasteiger partial charge is 0.478 e. The Labute approximate surface area is 125 Å². The van der Waals surface area contributed by atoms with Gasteiger partial charge in [0.1, 0.15) is 0 Å². The first-order chi connectivity index (χ1) is 9.29. The minimum atomic E-state index is -3.99. The van der Waals surface area contributed by atoms with E-state index >= 15 is 0 Å². The lowest BCUT2D eigenvalue weighted by molar-refractivity contribution is 0.0438. The Morgan fingerprint density at radius 1 is 1.40 bits per heavy atom. The average Bonchev–Trinajstić information content (AvgIpc) is 2.37. The molecular weight excluding hydrogens is 354 g/mol. The lowest BCUT2D eigenvalue weighted by Gasteiger charge is -2.11. The topological polar surface area (TPSA) is 102 Å². The minimum Gasteiger partial charge on any atom is -0.478 e. The summed E-state index contributed by atoms with van der Waals surface area (Å²) in [5.41, 5.74) is 0.366. The third-order valence-electron chi connectivity index (χ3n) is 2.32. The van der Waals surface area contributed by atoms with Crippen molar-refractivity contribution in [1.29, 1.82) is 0 Å². The standard InChI is InChI=1S/C11H14BrNO6S/c1-7-5-8(11(14)15)6-9(10(7)12)20(16,17)13-19-4-3-18-2/h5-6,13H,3-4H2,1-2H3,(H,14,15). The fourth-order valence-electron chi connectivity index (χ4n) is 1.35. The number of carboxylic acid groups (broad SMARTS) is 1. The Bertz CT molecular complexity index is 601. The van der Waals surface area contributed by atoms with Crippen LogP contribution in [-0.4, -0.2) is 39.8 Å².